The summed E-state index contributed by atoms with van der Waals surface area (Å²) in [5, 5.41) is 15.5. The fourth-order valence-corrected chi connectivity index (χ4v) is 3.78. The second-order valence-electron chi connectivity index (χ2n) is 6.76. The van der Waals surface area contributed by atoms with Gasteiger partial charge in [0.25, 0.3) is 5.91 Å². The van der Waals surface area contributed by atoms with E-state index < -0.39 is 0 Å². The summed E-state index contributed by atoms with van der Waals surface area (Å²) in [7, 11) is 0. The molecule has 0 unspecified atom stereocenters. The topological polar surface area (TPSA) is 99.8 Å². The van der Waals surface area contributed by atoms with Crippen molar-refractivity contribution in [1.29, 1.82) is 0 Å². The summed E-state index contributed by atoms with van der Waals surface area (Å²) in [5.74, 6) is -0.369. The molecule has 31 heavy (non-hydrogen) atoms. The lowest BCUT2D eigenvalue weighted by Crippen LogP contribution is -2.18. The van der Waals surface area contributed by atoms with Crippen molar-refractivity contribution in [2.45, 2.75) is 13.5 Å². The van der Waals surface area contributed by atoms with Gasteiger partial charge in [0.1, 0.15) is 0 Å². The zero-order valence-corrected chi connectivity index (χ0v) is 18.1. The van der Waals surface area contributed by atoms with E-state index in [1.807, 2.05) is 41.8 Å². The largest absolute Gasteiger partial charge is 0.352 e. The lowest BCUT2D eigenvalue weighted by atomic mass is 10.1. The van der Waals surface area contributed by atoms with Gasteiger partial charge in [-0.05, 0) is 17.7 Å². The molecule has 4 aromatic rings. The van der Waals surface area contributed by atoms with Gasteiger partial charge in [-0.15, -0.1) is 11.3 Å². The van der Waals surface area contributed by atoms with Gasteiger partial charge in [-0.2, -0.15) is 5.10 Å². The Morgan fingerprint density at radius 1 is 1.06 bits per heavy atom. The summed E-state index contributed by atoms with van der Waals surface area (Å²) in [5.41, 5.74) is 4.52. The van der Waals surface area contributed by atoms with Gasteiger partial charge in [0.2, 0.25) is 5.91 Å². The molecule has 7 nitrogen and oxygen atoms in total. The van der Waals surface area contributed by atoms with Crippen LogP contribution in [-0.4, -0.2) is 27.0 Å². The van der Waals surface area contributed by atoms with Gasteiger partial charge in [-0.1, -0.05) is 48.0 Å². The number of hydrogen-bond acceptors (Lipinski definition) is 5. The molecule has 0 aliphatic carbocycles. The first-order valence-corrected chi connectivity index (χ1v) is 10.7. The van der Waals surface area contributed by atoms with Gasteiger partial charge in [0, 0.05) is 35.0 Å². The molecule has 0 radical (unpaired) electrons. The lowest BCUT2D eigenvalue weighted by Gasteiger charge is -2.04. The number of amides is 2. The second kappa shape index (κ2) is 9.11. The van der Waals surface area contributed by atoms with Crippen LogP contribution in [-0.2, 0) is 11.3 Å². The molecular weight excluding hydrogens is 434 g/mol. The van der Waals surface area contributed by atoms with E-state index in [9.17, 15) is 9.59 Å². The van der Waals surface area contributed by atoms with Crippen LogP contribution >= 0.6 is 22.9 Å². The monoisotopic (exact) mass is 451 g/mol. The number of hydrogen-bond donors (Lipinski definition) is 3. The van der Waals surface area contributed by atoms with Gasteiger partial charge < -0.3 is 5.32 Å². The van der Waals surface area contributed by atoms with Crippen LogP contribution in [0.1, 0.15) is 22.8 Å². The maximum atomic E-state index is 12.8. The number of anilines is 1. The Bertz CT molecular complexity index is 1220. The summed E-state index contributed by atoms with van der Waals surface area (Å²) in [6, 6.07) is 14.9. The van der Waals surface area contributed by atoms with Crippen molar-refractivity contribution < 1.29 is 9.59 Å². The highest BCUT2D eigenvalue weighted by Crippen LogP contribution is 2.27. The zero-order chi connectivity index (χ0) is 21.8. The van der Waals surface area contributed by atoms with E-state index in [1.54, 1.807) is 12.1 Å². The number of aromatic amines is 1. The Balaban J connectivity index is 1.46. The number of aromatic nitrogens is 3. The molecule has 0 spiro atoms. The van der Waals surface area contributed by atoms with E-state index >= 15 is 0 Å². The predicted octanol–water partition coefficient (Wildman–Crippen LogP) is 4.74. The van der Waals surface area contributed by atoms with Crippen LogP contribution in [0.25, 0.3) is 22.5 Å². The normalized spacial score (nSPS) is 10.6. The number of carbonyl (C=O) groups excluding carboxylic acids is 2. The summed E-state index contributed by atoms with van der Waals surface area (Å²) >= 11 is 7.29. The van der Waals surface area contributed by atoms with Crippen LogP contribution in [0.2, 0.25) is 5.02 Å². The molecule has 0 atom stereocenters. The Labute approximate surface area is 187 Å². The minimum Gasteiger partial charge on any atom is -0.352 e. The van der Waals surface area contributed by atoms with E-state index in [1.165, 1.54) is 24.5 Å². The maximum absolute atomic E-state index is 12.8. The molecule has 0 fully saturated rings. The molecule has 3 N–H and O–H groups in total. The highest BCUT2D eigenvalue weighted by molar-refractivity contribution is 7.14. The fraction of sp³-hybridized carbons (Fsp3) is 0.0909. The molecular formula is C22H18ClN5O2S. The minimum absolute atomic E-state index is 0.0687. The molecule has 2 amide bonds. The van der Waals surface area contributed by atoms with Gasteiger partial charge >= 0.3 is 0 Å². The predicted molar refractivity (Wildman–Crippen MR) is 122 cm³/mol. The van der Waals surface area contributed by atoms with E-state index in [0.29, 0.717) is 28.0 Å². The van der Waals surface area contributed by atoms with Gasteiger partial charge in [0.15, 0.2) is 5.13 Å². The van der Waals surface area contributed by atoms with Crippen molar-refractivity contribution in [2.24, 2.45) is 0 Å². The summed E-state index contributed by atoms with van der Waals surface area (Å²) < 4.78 is 0. The highest BCUT2D eigenvalue weighted by atomic mass is 35.5. The molecule has 156 valence electrons. The van der Waals surface area contributed by atoms with Crippen molar-refractivity contribution in [3.05, 3.63) is 76.3 Å². The van der Waals surface area contributed by atoms with E-state index in [-0.39, 0.29) is 11.8 Å². The summed E-state index contributed by atoms with van der Waals surface area (Å²) in [4.78, 5) is 28.3. The molecule has 0 saturated carbocycles. The molecule has 9 heteroatoms. The molecule has 2 heterocycles. The first kappa shape index (κ1) is 20.8. The van der Waals surface area contributed by atoms with Gasteiger partial charge in [-0.25, -0.2) is 4.98 Å². The number of thiazole rings is 1. The number of benzene rings is 2. The van der Waals surface area contributed by atoms with Crippen molar-refractivity contribution in [3.8, 4) is 22.5 Å². The summed E-state index contributed by atoms with van der Waals surface area (Å²) in [6.07, 6.45) is 1.49. The molecule has 2 aromatic heterocycles. The molecule has 0 aliphatic heterocycles. The minimum atomic E-state index is -0.301. The molecule has 4 rings (SSSR count). The van der Waals surface area contributed by atoms with E-state index in [2.05, 4.69) is 25.8 Å². The zero-order valence-electron chi connectivity index (χ0n) is 16.5. The maximum Gasteiger partial charge on any atom is 0.261 e. The van der Waals surface area contributed by atoms with Crippen LogP contribution in [0, 0.1) is 0 Å². The lowest BCUT2D eigenvalue weighted by molar-refractivity contribution is -0.119. The van der Waals surface area contributed by atoms with Crippen molar-refractivity contribution in [3.63, 3.8) is 0 Å². The fourth-order valence-electron chi connectivity index (χ4n) is 2.94. The van der Waals surface area contributed by atoms with Crippen LogP contribution in [0.15, 0.2) is 60.1 Å². The number of halogens is 1. The average Bonchev–Trinajstić information content (AvgIpc) is 3.43. The molecule has 0 saturated heterocycles. The first-order chi connectivity index (χ1) is 15.0. The van der Waals surface area contributed by atoms with Crippen molar-refractivity contribution in [1.82, 2.24) is 20.5 Å². The van der Waals surface area contributed by atoms with E-state index in [4.69, 9.17) is 11.6 Å². The smallest absolute Gasteiger partial charge is 0.261 e. The quantitative estimate of drug-likeness (QED) is 0.394. The molecule has 0 bridgehead atoms. The third-order valence-electron chi connectivity index (χ3n) is 4.53. The van der Waals surface area contributed by atoms with Crippen LogP contribution < -0.4 is 10.6 Å². The van der Waals surface area contributed by atoms with Crippen LogP contribution in [0.4, 0.5) is 5.13 Å². The average molecular weight is 452 g/mol. The highest BCUT2D eigenvalue weighted by Gasteiger charge is 2.17. The van der Waals surface area contributed by atoms with Crippen molar-refractivity contribution in [2.75, 3.05) is 5.32 Å². The van der Waals surface area contributed by atoms with Crippen molar-refractivity contribution >= 4 is 39.9 Å². The Morgan fingerprint density at radius 3 is 2.48 bits per heavy atom. The van der Waals surface area contributed by atoms with E-state index in [0.717, 1.165) is 22.4 Å². The SMILES string of the molecule is CC(=O)NCc1ccc(-c2csc(NC(=O)c3cn[nH]c3-c3ccc(Cl)cc3)n2)cc1. The standard InChI is InChI=1S/C22H18ClN5O2S/c1-13(29)24-10-14-2-4-15(5-3-14)19-12-31-22(26-19)27-21(30)18-11-25-28-20(18)16-6-8-17(23)9-7-16/h2-9,11-12H,10H2,1H3,(H,24,29)(H,25,28)(H,26,27,30). The second-order valence-corrected chi connectivity index (χ2v) is 8.06. The Kier molecular flexibility index (Phi) is 6.11. The number of nitrogens with zero attached hydrogens (tertiary/aromatic N) is 2. The van der Waals surface area contributed by atoms with Crippen LogP contribution in [0.3, 0.4) is 0 Å². The number of H-pyrrole nitrogens is 1. The third-order valence-corrected chi connectivity index (χ3v) is 5.54. The Hall–Kier alpha value is -3.49. The summed E-state index contributed by atoms with van der Waals surface area (Å²) in [6.45, 7) is 1.97. The van der Waals surface area contributed by atoms with Gasteiger partial charge in [0.05, 0.1) is 23.1 Å². The van der Waals surface area contributed by atoms with Crippen LogP contribution in [0.5, 0.6) is 0 Å². The number of nitrogens with one attached hydrogen (secondary N) is 3. The number of carbonyl (C=O) groups is 2. The molecule has 2 aromatic carbocycles. The molecule has 0 aliphatic rings. The Morgan fingerprint density at radius 2 is 1.77 bits per heavy atom. The number of rotatable bonds is 6. The third kappa shape index (κ3) is 4.99. The van der Waals surface area contributed by atoms with Gasteiger partial charge in [-0.3, -0.25) is 20.0 Å². The first-order valence-electron chi connectivity index (χ1n) is 9.39.